The van der Waals surface area contributed by atoms with Crippen LogP contribution >= 0.6 is 0 Å². The zero-order chi connectivity index (χ0) is 30.4. The minimum Gasteiger partial charge on any atom is -0.455 e. The highest BCUT2D eigenvalue weighted by molar-refractivity contribution is 6.16. The highest BCUT2D eigenvalue weighted by atomic mass is 16.3. The third-order valence-corrected chi connectivity index (χ3v) is 9.68. The summed E-state index contributed by atoms with van der Waals surface area (Å²) in [6.45, 7) is 4.56. The molecule has 0 atom stereocenters. The molecule has 0 saturated heterocycles. The Morgan fingerprint density at radius 1 is 0.578 bits per heavy atom. The van der Waals surface area contributed by atoms with E-state index >= 15 is 0 Å². The van der Waals surface area contributed by atoms with Crippen LogP contribution in [0.25, 0.3) is 71.7 Å². The SMILES string of the molecule is CC1(C)c2ccccc2-c2c1ccc1c2oc2c(-c3cccc(C#N)c3-n3c4ccccc4c4cc(C#N)ccc43)cccc21. The van der Waals surface area contributed by atoms with E-state index in [4.69, 9.17) is 4.42 Å². The molecular weight excluding hydrogens is 550 g/mol. The Balaban J connectivity index is 1.38. The number of hydrogen-bond donors (Lipinski definition) is 0. The Kier molecular flexibility index (Phi) is 5.06. The van der Waals surface area contributed by atoms with Crippen LogP contribution in [0.4, 0.5) is 0 Å². The van der Waals surface area contributed by atoms with Gasteiger partial charge in [0.1, 0.15) is 17.2 Å². The predicted molar refractivity (Wildman–Crippen MR) is 180 cm³/mol. The van der Waals surface area contributed by atoms with Gasteiger partial charge < -0.3 is 8.98 Å². The van der Waals surface area contributed by atoms with E-state index < -0.39 is 0 Å². The Morgan fingerprint density at radius 2 is 1.29 bits per heavy atom. The zero-order valence-corrected chi connectivity index (χ0v) is 24.7. The van der Waals surface area contributed by atoms with Gasteiger partial charge in [0, 0.05) is 43.7 Å². The topological polar surface area (TPSA) is 65.7 Å². The van der Waals surface area contributed by atoms with E-state index in [-0.39, 0.29) is 5.41 Å². The van der Waals surface area contributed by atoms with Crippen LogP contribution in [0, 0.1) is 22.7 Å². The van der Waals surface area contributed by atoms with Crippen molar-refractivity contribution in [3.05, 3.63) is 138 Å². The van der Waals surface area contributed by atoms with E-state index in [1.807, 2.05) is 42.5 Å². The summed E-state index contributed by atoms with van der Waals surface area (Å²) in [6, 6.07) is 43.9. The van der Waals surface area contributed by atoms with Gasteiger partial charge in [-0.05, 0) is 47.0 Å². The lowest BCUT2D eigenvalue weighted by atomic mass is 9.82. The second-order valence-corrected chi connectivity index (χ2v) is 12.3. The van der Waals surface area contributed by atoms with Gasteiger partial charge in [-0.2, -0.15) is 10.5 Å². The first-order valence-corrected chi connectivity index (χ1v) is 15.1. The molecule has 2 heterocycles. The molecule has 1 aliphatic rings. The van der Waals surface area contributed by atoms with Crippen LogP contribution in [-0.4, -0.2) is 4.57 Å². The minimum atomic E-state index is -0.127. The van der Waals surface area contributed by atoms with Crippen molar-refractivity contribution < 1.29 is 4.42 Å². The van der Waals surface area contributed by atoms with Crippen LogP contribution in [0.15, 0.2) is 120 Å². The fraction of sp³-hybridized carbons (Fsp3) is 0.0732. The lowest BCUT2D eigenvalue weighted by molar-refractivity contribution is 0.653. The van der Waals surface area contributed by atoms with E-state index in [2.05, 4.69) is 103 Å². The number of nitrogens with zero attached hydrogens (tertiary/aromatic N) is 3. The first kappa shape index (κ1) is 25.4. The van der Waals surface area contributed by atoms with Gasteiger partial charge in [0.05, 0.1) is 33.9 Å². The summed E-state index contributed by atoms with van der Waals surface area (Å²) in [7, 11) is 0. The van der Waals surface area contributed by atoms with Crippen molar-refractivity contribution in [3.63, 3.8) is 0 Å². The quantitative estimate of drug-likeness (QED) is 0.206. The normalized spacial score (nSPS) is 13.2. The third kappa shape index (κ3) is 3.29. The lowest BCUT2D eigenvalue weighted by Gasteiger charge is -2.21. The van der Waals surface area contributed by atoms with Crippen LogP contribution in [0.5, 0.6) is 0 Å². The maximum Gasteiger partial charge on any atom is 0.143 e. The number of rotatable bonds is 2. The first-order valence-electron chi connectivity index (χ1n) is 15.1. The van der Waals surface area contributed by atoms with E-state index in [9.17, 15) is 10.5 Å². The van der Waals surface area contributed by atoms with Crippen LogP contribution in [0.1, 0.15) is 36.1 Å². The lowest BCUT2D eigenvalue weighted by Crippen LogP contribution is -2.14. The average Bonchev–Trinajstić information content (AvgIpc) is 3.70. The zero-order valence-electron chi connectivity index (χ0n) is 24.7. The molecule has 9 rings (SSSR count). The molecule has 0 spiro atoms. The monoisotopic (exact) mass is 575 g/mol. The average molecular weight is 576 g/mol. The molecular formula is C41H25N3O. The molecule has 1 aliphatic carbocycles. The summed E-state index contributed by atoms with van der Waals surface area (Å²) in [5, 5.41) is 24.2. The molecule has 0 fully saturated rings. The molecule has 4 heteroatoms. The molecule has 0 unspecified atom stereocenters. The van der Waals surface area contributed by atoms with Crippen LogP contribution < -0.4 is 0 Å². The van der Waals surface area contributed by atoms with Gasteiger partial charge in [-0.3, -0.25) is 0 Å². The van der Waals surface area contributed by atoms with Crippen LogP contribution in [0.3, 0.4) is 0 Å². The molecule has 45 heavy (non-hydrogen) atoms. The molecule has 0 saturated carbocycles. The maximum absolute atomic E-state index is 10.5. The van der Waals surface area contributed by atoms with Gasteiger partial charge in [0.25, 0.3) is 0 Å². The predicted octanol–water partition coefficient (Wildman–Crippen LogP) is 10.4. The first-order chi connectivity index (χ1) is 22.0. The number of para-hydroxylation sites is 3. The molecule has 2 aromatic heterocycles. The van der Waals surface area contributed by atoms with Crippen molar-refractivity contribution in [3.8, 4) is 40.1 Å². The van der Waals surface area contributed by atoms with Crippen molar-refractivity contribution in [1.29, 1.82) is 10.5 Å². The highest BCUT2D eigenvalue weighted by Gasteiger charge is 2.37. The van der Waals surface area contributed by atoms with Crippen molar-refractivity contribution >= 4 is 43.7 Å². The number of hydrogen-bond acceptors (Lipinski definition) is 3. The van der Waals surface area contributed by atoms with Crippen molar-refractivity contribution in [2.24, 2.45) is 0 Å². The van der Waals surface area contributed by atoms with E-state index in [1.54, 1.807) is 0 Å². The Morgan fingerprint density at radius 3 is 2.16 bits per heavy atom. The second-order valence-electron chi connectivity index (χ2n) is 12.3. The Labute approximate surface area is 259 Å². The molecule has 0 bridgehead atoms. The maximum atomic E-state index is 10.5. The van der Waals surface area contributed by atoms with E-state index in [1.165, 1.54) is 16.7 Å². The number of benzene rings is 6. The number of aromatic nitrogens is 1. The van der Waals surface area contributed by atoms with Crippen molar-refractivity contribution in [2.45, 2.75) is 19.3 Å². The number of nitriles is 2. The minimum absolute atomic E-state index is 0.127. The summed E-state index contributed by atoms with van der Waals surface area (Å²) in [4.78, 5) is 0. The summed E-state index contributed by atoms with van der Waals surface area (Å²) in [5.41, 5.74) is 12.2. The van der Waals surface area contributed by atoms with Crippen LogP contribution in [0.2, 0.25) is 0 Å². The summed E-state index contributed by atoms with van der Waals surface area (Å²) < 4.78 is 9.12. The Hall–Kier alpha value is -6.10. The van der Waals surface area contributed by atoms with E-state index in [0.717, 1.165) is 66.1 Å². The van der Waals surface area contributed by atoms with Gasteiger partial charge in [-0.15, -0.1) is 0 Å². The second kappa shape index (κ2) is 8.96. The van der Waals surface area contributed by atoms with Crippen LogP contribution in [-0.2, 0) is 5.41 Å². The number of fused-ring (bicyclic) bond motifs is 10. The van der Waals surface area contributed by atoms with Gasteiger partial charge in [-0.1, -0.05) is 98.8 Å². The smallest absolute Gasteiger partial charge is 0.143 e. The summed E-state index contributed by atoms with van der Waals surface area (Å²) in [5.74, 6) is 0. The standard InChI is InChI=1S/C41H25N3O/c1-41(2)33-15-5-3-11-31(33)37-34(41)19-18-30-29-14-8-13-28(39(29)45-40(30)37)27-12-7-9-25(23-43)38(27)44-35-16-6-4-10-26(35)32-21-24(22-42)17-20-36(32)44/h3-21H,1-2H3. The molecule has 0 radical (unpaired) electrons. The summed E-state index contributed by atoms with van der Waals surface area (Å²) >= 11 is 0. The van der Waals surface area contributed by atoms with Crippen molar-refractivity contribution in [2.75, 3.05) is 0 Å². The molecule has 8 aromatic rings. The fourth-order valence-corrected chi connectivity index (χ4v) is 7.63. The third-order valence-electron chi connectivity index (χ3n) is 9.68. The van der Waals surface area contributed by atoms with Gasteiger partial charge in [-0.25, -0.2) is 0 Å². The molecule has 0 aliphatic heterocycles. The summed E-state index contributed by atoms with van der Waals surface area (Å²) in [6.07, 6.45) is 0. The van der Waals surface area contributed by atoms with Crippen molar-refractivity contribution in [1.82, 2.24) is 4.57 Å². The largest absolute Gasteiger partial charge is 0.455 e. The van der Waals surface area contributed by atoms with Gasteiger partial charge in [0.2, 0.25) is 0 Å². The molecule has 4 nitrogen and oxygen atoms in total. The molecule has 210 valence electrons. The molecule has 0 N–H and O–H groups in total. The van der Waals surface area contributed by atoms with Gasteiger partial charge >= 0.3 is 0 Å². The molecule has 0 amide bonds. The molecule has 6 aromatic carbocycles. The van der Waals surface area contributed by atoms with E-state index in [0.29, 0.717) is 11.1 Å². The van der Waals surface area contributed by atoms with Gasteiger partial charge in [0.15, 0.2) is 0 Å². The highest BCUT2D eigenvalue weighted by Crippen LogP contribution is 2.53. The Bertz CT molecular complexity index is 2650. The fourth-order valence-electron chi connectivity index (χ4n) is 7.63. The number of furan rings is 1.